The molecule has 0 amide bonds. The van der Waals surface area contributed by atoms with Gasteiger partial charge < -0.3 is 4.74 Å². The molecule has 0 bridgehead atoms. The monoisotopic (exact) mass is 199 g/mol. The van der Waals surface area contributed by atoms with Gasteiger partial charge in [0.15, 0.2) is 0 Å². The number of hydrogen-bond donors (Lipinski definition) is 0. The second-order valence-corrected chi connectivity index (χ2v) is 3.53. The predicted octanol–water partition coefficient (Wildman–Crippen LogP) is 2.96. The molecule has 2 aromatic rings. The van der Waals surface area contributed by atoms with Crippen molar-refractivity contribution in [3.05, 3.63) is 23.4 Å². The molecule has 0 radical (unpaired) electrons. The second-order valence-electron chi connectivity index (χ2n) is 2.32. The summed E-state index contributed by atoms with van der Waals surface area (Å²) < 4.78 is 10.2. The summed E-state index contributed by atoms with van der Waals surface area (Å²) in [7, 11) is 1.64. The topological polar surface area (TPSA) is 22.1 Å². The summed E-state index contributed by atoms with van der Waals surface area (Å²) in [6, 6.07) is 3.67. The van der Waals surface area contributed by atoms with Gasteiger partial charge in [-0.15, -0.1) is 0 Å². The zero-order chi connectivity index (χ0) is 8.55. The predicted molar refractivity (Wildman–Crippen MR) is 51.2 cm³/mol. The maximum Gasteiger partial charge on any atom is 0.138 e. The molecule has 0 N–H and O–H groups in total. The molecule has 4 heteroatoms. The van der Waals surface area contributed by atoms with Crippen LogP contribution in [0.5, 0.6) is 5.75 Å². The Morgan fingerprint density at radius 3 is 3.08 bits per heavy atom. The van der Waals surface area contributed by atoms with E-state index >= 15 is 0 Å². The van der Waals surface area contributed by atoms with E-state index in [1.165, 1.54) is 11.5 Å². The van der Waals surface area contributed by atoms with Crippen molar-refractivity contribution in [2.24, 2.45) is 0 Å². The lowest BCUT2D eigenvalue weighted by atomic mass is 10.2. The Balaban J connectivity index is 2.82. The van der Waals surface area contributed by atoms with Crippen LogP contribution >= 0.6 is 23.1 Å². The minimum atomic E-state index is 0.722. The third kappa shape index (κ3) is 1.06. The summed E-state index contributed by atoms with van der Waals surface area (Å²) in [5, 5.41) is 1.68. The molecular formula is C8H6ClNOS. The molecule has 0 aliphatic rings. The van der Waals surface area contributed by atoms with Gasteiger partial charge in [-0.1, -0.05) is 11.6 Å². The number of rotatable bonds is 1. The first-order valence-corrected chi connectivity index (χ1v) is 4.55. The van der Waals surface area contributed by atoms with Crippen LogP contribution in [0.1, 0.15) is 0 Å². The van der Waals surface area contributed by atoms with Gasteiger partial charge in [0.1, 0.15) is 5.75 Å². The highest BCUT2D eigenvalue weighted by Gasteiger charge is 2.06. The maximum atomic E-state index is 5.94. The minimum Gasteiger partial charge on any atom is -0.495 e. The van der Waals surface area contributed by atoms with E-state index in [0.717, 1.165) is 20.9 Å². The average Bonchev–Trinajstić information content (AvgIpc) is 2.54. The summed E-state index contributed by atoms with van der Waals surface area (Å²) in [5.74, 6) is 0.830. The third-order valence-electron chi connectivity index (χ3n) is 1.65. The number of ether oxygens (including phenoxy) is 1. The molecule has 62 valence electrons. The van der Waals surface area contributed by atoms with Crippen molar-refractivity contribution in [1.29, 1.82) is 0 Å². The highest BCUT2D eigenvalue weighted by Crippen LogP contribution is 2.33. The van der Waals surface area contributed by atoms with E-state index in [1.54, 1.807) is 13.3 Å². The average molecular weight is 200 g/mol. The van der Waals surface area contributed by atoms with E-state index in [2.05, 4.69) is 4.37 Å². The lowest BCUT2D eigenvalue weighted by Gasteiger charge is -2.00. The molecule has 0 saturated carbocycles. The second kappa shape index (κ2) is 2.92. The summed E-state index contributed by atoms with van der Waals surface area (Å²) in [6.07, 6.45) is 1.75. The van der Waals surface area contributed by atoms with Crippen LogP contribution in [0.4, 0.5) is 0 Å². The van der Waals surface area contributed by atoms with Gasteiger partial charge in [-0.05, 0) is 23.7 Å². The third-order valence-corrected chi connectivity index (χ3v) is 2.80. The largest absolute Gasteiger partial charge is 0.495 e. The van der Waals surface area contributed by atoms with Crippen LogP contribution in [-0.4, -0.2) is 11.5 Å². The molecule has 0 saturated heterocycles. The van der Waals surface area contributed by atoms with Crippen LogP contribution in [0.15, 0.2) is 18.3 Å². The SMILES string of the molecule is COc1ccc(Cl)c2cnsc12. The molecular weight excluding hydrogens is 194 g/mol. The highest BCUT2D eigenvalue weighted by atomic mass is 35.5. The van der Waals surface area contributed by atoms with Crippen molar-refractivity contribution in [3.63, 3.8) is 0 Å². The summed E-state index contributed by atoms with van der Waals surface area (Å²) in [4.78, 5) is 0. The van der Waals surface area contributed by atoms with E-state index < -0.39 is 0 Å². The molecule has 1 aromatic carbocycles. The normalized spacial score (nSPS) is 10.5. The Labute approximate surface area is 78.9 Å². The van der Waals surface area contributed by atoms with E-state index in [1.807, 2.05) is 12.1 Å². The van der Waals surface area contributed by atoms with Crippen molar-refractivity contribution in [1.82, 2.24) is 4.37 Å². The Hall–Kier alpha value is -0.800. The van der Waals surface area contributed by atoms with Gasteiger partial charge in [-0.25, -0.2) is 0 Å². The maximum absolute atomic E-state index is 5.94. The molecule has 2 rings (SSSR count). The Kier molecular flexibility index (Phi) is 1.90. The van der Waals surface area contributed by atoms with Crippen LogP contribution in [0.2, 0.25) is 5.02 Å². The molecule has 0 aliphatic heterocycles. The van der Waals surface area contributed by atoms with E-state index in [0.29, 0.717) is 0 Å². The molecule has 0 spiro atoms. The Morgan fingerprint density at radius 1 is 1.50 bits per heavy atom. The van der Waals surface area contributed by atoms with Gasteiger partial charge in [0.25, 0.3) is 0 Å². The van der Waals surface area contributed by atoms with E-state index in [-0.39, 0.29) is 0 Å². The molecule has 0 atom stereocenters. The van der Waals surface area contributed by atoms with Crippen LogP contribution in [0, 0.1) is 0 Å². The van der Waals surface area contributed by atoms with Crippen LogP contribution in [-0.2, 0) is 0 Å². The van der Waals surface area contributed by atoms with Crippen molar-refractivity contribution < 1.29 is 4.74 Å². The Morgan fingerprint density at radius 2 is 2.33 bits per heavy atom. The lowest BCUT2D eigenvalue weighted by Crippen LogP contribution is -1.81. The van der Waals surface area contributed by atoms with Crippen LogP contribution < -0.4 is 4.74 Å². The Bertz CT molecular complexity index is 412. The number of hydrogen-bond acceptors (Lipinski definition) is 3. The molecule has 1 heterocycles. The van der Waals surface area contributed by atoms with Gasteiger partial charge in [0.05, 0.1) is 23.0 Å². The first-order valence-electron chi connectivity index (χ1n) is 3.40. The number of methoxy groups -OCH3 is 1. The number of fused-ring (bicyclic) bond motifs is 1. The zero-order valence-electron chi connectivity index (χ0n) is 6.37. The standard InChI is InChI=1S/C8H6ClNOS/c1-11-7-3-2-6(9)5-4-10-12-8(5)7/h2-4H,1H3. The lowest BCUT2D eigenvalue weighted by molar-refractivity contribution is 0.420. The molecule has 2 nitrogen and oxygen atoms in total. The van der Waals surface area contributed by atoms with Crippen molar-refractivity contribution in [2.75, 3.05) is 7.11 Å². The number of benzene rings is 1. The zero-order valence-corrected chi connectivity index (χ0v) is 7.95. The molecule has 0 unspecified atom stereocenters. The van der Waals surface area contributed by atoms with E-state index in [9.17, 15) is 0 Å². The van der Waals surface area contributed by atoms with E-state index in [4.69, 9.17) is 16.3 Å². The summed E-state index contributed by atoms with van der Waals surface area (Å²) in [6.45, 7) is 0. The van der Waals surface area contributed by atoms with Gasteiger partial charge in [0.2, 0.25) is 0 Å². The molecule has 0 aliphatic carbocycles. The van der Waals surface area contributed by atoms with Gasteiger partial charge in [0, 0.05) is 5.39 Å². The number of halogens is 1. The van der Waals surface area contributed by atoms with Gasteiger partial charge in [-0.2, -0.15) is 4.37 Å². The highest BCUT2D eigenvalue weighted by molar-refractivity contribution is 7.13. The van der Waals surface area contributed by atoms with Gasteiger partial charge in [-0.3, -0.25) is 0 Å². The molecule has 12 heavy (non-hydrogen) atoms. The van der Waals surface area contributed by atoms with Crippen molar-refractivity contribution >= 4 is 33.2 Å². The fraction of sp³-hybridized carbons (Fsp3) is 0.125. The first-order chi connectivity index (χ1) is 5.83. The minimum absolute atomic E-state index is 0.722. The van der Waals surface area contributed by atoms with Crippen LogP contribution in [0.3, 0.4) is 0 Å². The van der Waals surface area contributed by atoms with Crippen molar-refractivity contribution in [2.45, 2.75) is 0 Å². The smallest absolute Gasteiger partial charge is 0.138 e. The summed E-state index contributed by atoms with van der Waals surface area (Å²) in [5.41, 5.74) is 0. The number of nitrogens with zero attached hydrogens (tertiary/aromatic N) is 1. The fourth-order valence-electron chi connectivity index (χ4n) is 1.06. The first kappa shape index (κ1) is 7.83. The quantitative estimate of drug-likeness (QED) is 0.705. The molecule has 1 aromatic heterocycles. The number of aromatic nitrogens is 1. The fourth-order valence-corrected chi connectivity index (χ4v) is 2.09. The van der Waals surface area contributed by atoms with Crippen molar-refractivity contribution in [3.8, 4) is 5.75 Å². The van der Waals surface area contributed by atoms with Gasteiger partial charge >= 0.3 is 0 Å². The van der Waals surface area contributed by atoms with Crippen LogP contribution in [0.25, 0.3) is 10.1 Å². The molecule has 0 fully saturated rings. The summed E-state index contributed by atoms with van der Waals surface area (Å²) >= 11 is 7.33.